The molecule has 1 fully saturated rings. The summed E-state index contributed by atoms with van der Waals surface area (Å²) >= 11 is 20.8. The quantitative estimate of drug-likeness (QED) is 0.0997. The summed E-state index contributed by atoms with van der Waals surface area (Å²) < 4.78 is 3.11. The van der Waals surface area contributed by atoms with E-state index in [1.165, 1.54) is 17.8 Å². The number of ether oxygens (including phenoxy) is 1. The van der Waals surface area contributed by atoms with Gasteiger partial charge in [0.15, 0.2) is 0 Å². The number of nitrogens with zero attached hydrogens (tertiary/aromatic N) is 2. The van der Waals surface area contributed by atoms with E-state index in [4.69, 9.17) is 44.7 Å². The molecule has 0 radical (unpaired) electrons. The molecule has 0 aliphatic carbocycles. The molecular formula is C14H13BrCl3N3O6S. The lowest BCUT2D eigenvalue weighted by molar-refractivity contribution is -0.152. The van der Waals surface area contributed by atoms with Crippen LogP contribution in [0, 0.1) is 0 Å². The second kappa shape index (κ2) is 9.21. The number of β-lactam (4-membered cyclic amide) rings is 1. The highest BCUT2D eigenvalue weighted by atomic mass is 79.9. The first-order valence-electron chi connectivity index (χ1n) is 7.56. The topological polar surface area (TPSA) is 125 Å². The number of carbonyl (C=O) groups excluding carboxylic acids is 4. The van der Waals surface area contributed by atoms with Gasteiger partial charge < -0.3 is 15.3 Å². The van der Waals surface area contributed by atoms with Crippen LogP contribution in [0.5, 0.6) is 0 Å². The Bertz CT molecular complexity index is 772. The van der Waals surface area contributed by atoms with Gasteiger partial charge in [0.2, 0.25) is 15.3 Å². The van der Waals surface area contributed by atoms with E-state index in [0.29, 0.717) is 0 Å². The highest BCUT2D eigenvalue weighted by molar-refractivity contribution is 9.09. The third kappa shape index (κ3) is 5.12. The number of oxime groups is 1. The standard InChI is InChI=1S/C14H13BrCl3N3O6S/c1-5-2-6(13(25)27-4-14(16,17)18)21-11(24)9(12(21)28-5)19-10(23)8(20-26)7(22)3-15/h2,5,9,12,26H,3-4H2,1H3,(H,19,23)/t5?,9?,12-/m0/s1. The Hall–Kier alpha value is -1.01. The molecule has 1 saturated heterocycles. The summed E-state index contributed by atoms with van der Waals surface area (Å²) in [6, 6.07) is -1.02. The summed E-state index contributed by atoms with van der Waals surface area (Å²) in [6.45, 7) is 1.27. The summed E-state index contributed by atoms with van der Waals surface area (Å²) in [7, 11) is 0. The minimum Gasteiger partial charge on any atom is -0.456 e. The molecule has 2 amide bonds. The normalized spacial score (nSPS) is 24.7. The number of rotatable bonds is 6. The van der Waals surface area contributed by atoms with E-state index in [9.17, 15) is 19.2 Å². The molecule has 9 nitrogen and oxygen atoms in total. The van der Waals surface area contributed by atoms with Gasteiger partial charge in [-0.3, -0.25) is 19.3 Å². The molecule has 14 heteroatoms. The van der Waals surface area contributed by atoms with Crippen LogP contribution in [0.4, 0.5) is 0 Å². The van der Waals surface area contributed by atoms with Gasteiger partial charge in [-0.1, -0.05) is 55.9 Å². The minimum absolute atomic E-state index is 0.0337. The maximum atomic E-state index is 12.5. The van der Waals surface area contributed by atoms with Gasteiger partial charge in [-0.05, 0) is 13.0 Å². The van der Waals surface area contributed by atoms with Crippen LogP contribution in [0.25, 0.3) is 0 Å². The maximum absolute atomic E-state index is 12.5. The molecule has 28 heavy (non-hydrogen) atoms. The zero-order chi connectivity index (χ0) is 21.2. The summed E-state index contributed by atoms with van der Waals surface area (Å²) in [5.74, 6) is -3.22. The number of Topliss-reactive ketones (excluding diaryl/α,β-unsaturated/α-hetero) is 1. The van der Waals surface area contributed by atoms with Crippen molar-refractivity contribution in [1.82, 2.24) is 10.2 Å². The fourth-order valence-electron chi connectivity index (χ4n) is 2.44. The Morgan fingerprint density at radius 3 is 2.61 bits per heavy atom. The van der Waals surface area contributed by atoms with Gasteiger partial charge in [0, 0.05) is 5.25 Å². The van der Waals surface area contributed by atoms with Crippen molar-refractivity contribution < 1.29 is 29.1 Å². The molecule has 0 aromatic rings. The number of esters is 1. The molecule has 2 unspecified atom stereocenters. The van der Waals surface area contributed by atoms with Crippen molar-refractivity contribution in [3.8, 4) is 0 Å². The Balaban J connectivity index is 2.11. The van der Waals surface area contributed by atoms with E-state index in [0.717, 1.165) is 4.90 Å². The molecule has 0 aromatic heterocycles. The van der Waals surface area contributed by atoms with Crippen molar-refractivity contribution >= 4 is 91.8 Å². The first kappa shape index (κ1) is 23.3. The van der Waals surface area contributed by atoms with Gasteiger partial charge in [0.25, 0.3) is 11.8 Å². The lowest BCUT2D eigenvalue weighted by atomic mass is 10.0. The van der Waals surface area contributed by atoms with Crippen molar-refractivity contribution in [2.75, 3.05) is 11.9 Å². The summed E-state index contributed by atoms with van der Waals surface area (Å²) in [5.41, 5.74) is -0.775. The van der Waals surface area contributed by atoms with Crippen molar-refractivity contribution in [3.63, 3.8) is 0 Å². The number of ketones is 1. The summed E-state index contributed by atoms with van der Waals surface area (Å²) in [5, 5.41) is 12.8. The SMILES string of the molecule is CC1C=C(C(=O)OCC(Cl)(Cl)Cl)N2C(=O)C(NC(=O)C(=NO)C(=O)CBr)[C@@H]2S1. The first-order chi connectivity index (χ1) is 13.0. The molecule has 0 spiro atoms. The molecule has 2 N–H and O–H groups in total. The third-order valence-electron chi connectivity index (χ3n) is 3.61. The van der Waals surface area contributed by atoms with Gasteiger partial charge in [-0.15, -0.1) is 11.8 Å². The van der Waals surface area contributed by atoms with E-state index in [1.54, 1.807) is 6.92 Å². The number of thioether (sulfide) groups is 1. The Morgan fingerprint density at radius 2 is 2.07 bits per heavy atom. The Labute approximate surface area is 186 Å². The van der Waals surface area contributed by atoms with Crippen molar-refractivity contribution in [2.45, 2.75) is 27.4 Å². The highest BCUT2D eigenvalue weighted by Gasteiger charge is 2.54. The fourth-order valence-corrected chi connectivity index (χ4v) is 4.20. The Kier molecular flexibility index (Phi) is 7.65. The van der Waals surface area contributed by atoms with Crippen LogP contribution in [0.1, 0.15) is 6.92 Å². The number of fused-ring (bicyclic) bond motifs is 1. The molecule has 0 saturated carbocycles. The molecular weight excluding hydrogens is 524 g/mol. The van der Waals surface area contributed by atoms with Crippen LogP contribution >= 0.6 is 62.5 Å². The van der Waals surface area contributed by atoms with E-state index < -0.39 is 51.1 Å². The molecule has 0 bridgehead atoms. The number of nitrogens with one attached hydrogen (secondary N) is 1. The first-order valence-corrected chi connectivity index (χ1v) is 10.8. The van der Waals surface area contributed by atoms with Gasteiger partial charge in [-0.25, -0.2) is 4.79 Å². The second-order valence-corrected chi connectivity index (χ2v) is 10.2. The van der Waals surface area contributed by atoms with Crippen LogP contribution < -0.4 is 5.32 Å². The smallest absolute Gasteiger partial charge is 0.354 e. The average Bonchev–Trinajstić information content (AvgIpc) is 2.63. The van der Waals surface area contributed by atoms with E-state index in [1.807, 2.05) is 0 Å². The highest BCUT2D eigenvalue weighted by Crippen LogP contribution is 2.41. The van der Waals surface area contributed by atoms with Crippen molar-refractivity contribution in [3.05, 3.63) is 11.8 Å². The molecule has 3 atom stereocenters. The predicted octanol–water partition coefficient (Wildman–Crippen LogP) is 1.37. The minimum atomic E-state index is -1.80. The number of carbonyl (C=O) groups is 4. The van der Waals surface area contributed by atoms with Gasteiger partial charge in [0.1, 0.15) is 23.7 Å². The average molecular weight is 538 g/mol. The summed E-state index contributed by atoms with van der Waals surface area (Å²) in [6.07, 6.45) is 1.52. The molecule has 2 aliphatic heterocycles. The number of hydrogen-bond donors (Lipinski definition) is 2. The number of amides is 2. The summed E-state index contributed by atoms with van der Waals surface area (Å²) in [4.78, 5) is 49.6. The lowest BCUT2D eigenvalue weighted by Crippen LogP contribution is -2.71. The molecule has 0 aromatic carbocycles. The number of alkyl halides is 4. The van der Waals surface area contributed by atoms with Crippen LogP contribution in [0.2, 0.25) is 0 Å². The second-order valence-electron chi connectivity index (χ2n) is 5.64. The zero-order valence-electron chi connectivity index (χ0n) is 14.0. The molecule has 2 rings (SSSR count). The van der Waals surface area contributed by atoms with Gasteiger partial charge >= 0.3 is 5.97 Å². The zero-order valence-corrected chi connectivity index (χ0v) is 18.7. The fraction of sp³-hybridized carbons (Fsp3) is 0.500. The monoisotopic (exact) mass is 535 g/mol. The molecule has 2 aliphatic rings. The van der Waals surface area contributed by atoms with Gasteiger partial charge in [-0.2, -0.15) is 0 Å². The van der Waals surface area contributed by atoms with Crippen LogP contribution in [-0.4, -0.2) is 71.8 Å². The maximum Gasteiger partial charge on any atom is 0.354 e. The number of hydrogen-bond acceptors (Lipinski definition) is 8. The number of halogens is 4. The Morgan fingerprint density at radius 1 is 1.43 bits per heavy atom. The van der Waals surface area contributed by atoms with Crippen molar-refractivity contribution in [2.24, 2.45) is 5.16 Å². The largest absolute Gasteiger partial charge is 0.456 e. The molecule has 2 heterocycles. The van der Waals surface area contributed by atoms with Crippen molar-refractivity contribution in [1.29, 1.82) is 0 Å². The van der Waals surface area contributed by atoms with Crippen LogP contribution in [0.3, 0.4) is 0 Å². The van der Waals surface area contributed by atoms with Crippen LogP contribution in [-0.2, 0) is 23.9 Å². The predicted molar refractivity (Wildman–Crippen MR) is 107 cm³/mol. The van der Waals surface area contributed by atoms with E-state index in [2.05, 4.69) is 26.4 Å². The molecule has 154 valence electrons. The van der Waals surface area contributed by atoms with E-state index in [-0.39, 0.29) is 16.3 Å². The lowest BCUT2D eigenvalue weighted by Gasteiger charge is -2.49. The van der Waals surface area contributed by atoms with E-state index >= 15 is 0 Å². The van der Waals surface area contributed by atoms with Gasteiger partial charge in [0.05, 0.1) is 5.33 Å². The van der Waals surface area contributed by atoms with Crippen LogP contribution in [0.15, 0.2) is 16.9 Å². The third-order valence-corrected chi connectivity index (χ3v) is 5.78.